The van der Waals surface area contributed by atoms with Crippen molar-refractivity contribution in [2.75, 3.05) is 0 Å². The number of carbonyl (C=O) groups excluding carboxylic acids is 1. The number of rotatable bonds is 4. The summed E-state index contributed by atoms with van der Waals surface area (Å²) < 4.78 is 0. The van der Waals surface area contributed by atoms with E-state index in [2.05, 4.69) is 45.9 Å². The Morgan fingerprint density at radius 1 is 1.00 bits per heavy atom. The Morgan fingerprint density at radius 2 is 1.50 bits per heavy atom. The van der Waals surface area contributed by atoms with Crippen molar-refractivity contribution in [3.8, 4) is 0 Å². The lowest BCUT2D eigenvalue weighted by Gasteiger charge is -2.18. The van der Waals surface area contributed by atoms with Gasteiger partial charge in [0.2, 0.25) is 0 Å². The number of hydrogen-bond donors (Lipinski definition) is 0. The SMILES string of the molecule is CC.CC.CC(=O)C(Cc1ccc(C)c(C)c1)C(C)C. The number of Topliss-reactive ketones (excluding diaryl/α,β-unsaturated/α-hetero) is 1. The predicted octanol–water partition coefficient (Wildman–Crippen LogP) is 5.76. The molecule has 1 atom stereocenters. The van der Waals surface area contributed by atoms with E-state index < -0.39 is 0 Å². The summed E-state index contributed by atoms with van der Waals surface area (Å²) in [5.74, 6) is 0.870. The van der Waals surface area contributed by atoms with Crippen LogP contribution < -0.4 is 0 Å². The number of carbonyl (C=O) groups is 1. The topological polar surface area (TPSA) is 17.1 Å². The zero-order valence-electron chi connectivity index (χ0n) is 15.0. The summed E-state index contributed by atoms with van der Waals surface area (Å²) in [6, 6.07) is 6.48. The smallest absolute Gasteiger partial charge is 0.133 e. The van der Waals surface area contributed by atoms with Crippen LogP contribution in [0.25, 0.3) is 0 Å². The van der Waals surface area contributed by atoms with Gasteiger partial charge in [0.05, 0.1) is 0 Å². The third-order valence-electron chi connectivity index (χ3n) is 3.35. The average Bonchev–Trinajstić information content (AvgIpc) is 2.43. The number of benzene rings is 1. The molecule has 0 aliphatic rings. The molecule has 1 unspecified atom stereocenters. The molecule has 1 rings (SSSR count). The van der Waals surface area contributed by atoms with Gasteiger partial charge in [-0.3, -0.25) is 4.79 Å². The molecule has 0 radical (unpaired) electrons. The Kier molecular flexibility index (Phi) is 12.4. The molecule has 1 aromatic rings. The number of aryl methyl sites for hydroxylation is 2. The van der Waals surface area contributed by atoms with Gasteiger partial charge >= 0.3 is 0 Å². The van der Waals surface area contributed by atoms with Crippen molar-refractivity contribution >= 4 is 5.78 Å². The maximum Gasteiger partial charge on any atom is 0.133 e. The van der Waals surface area contributed by atoms with E-state index >= 15 is 0 Å². The van der Waals surface area contributed by atoms with E-state index in [0.29, 0.717) is 11.7 Å². The standard InChI is InChI=1S/C15H22O.2C2H6/c1-10(2)15(13(5)16)9-14-7-6-11(3)12(4)8-14;2*1-2/h6-8,10,15H,9H2,1-5H3;2*1-2H3. The summed E-state index contributed by atoms with van der Waals surface area (Å²) in [5, 5.41) is 0. The summed E-state index contributed by atoms with van der Waals surface area (Å²) >= 11 is 0. The highest BCUT2D eigenvalue weighted by atomic mass is 16.1. The molecule has 0 aliphatic heterocycles. The quantitative estimate of drug-likeness (QED) is 0.684. The van der Waals surface area contributed by atoms with E-state index in [1.54, 1.807) is 6.92 Å². The lowest BCUT2D eigenvalue weighted by Crippen LogP contribution is -2.20. The van der Waals surface area contributed by atoms with E-state index in [4.69, 9.17) is 0 Å². The van der Waals surface area contributed by atoms with Crippen molar-refractivity contribution in [2.24, 2.45) is 11.8 Å². The fourth-order valence-electron chi connectivity index (χ4n) is 2.03. The van der Waals surface area contributed by atoms with Crippen LogP contribution >= 0.6 is 0 Å². The Labute approximate surface area is 126 Å². The first kappa shape index (κ1) is 21.2. The van der Waals surface area contributed by atoms with E-state index in [-0.39, 0.29) is 5.92 Å². The van der Waals surface area contributed by atoms with Crippen LogP contribution in [0, 0.1) is 25.7 Å². The first-order valence-electron chi connectivity index (χ1n) is 7.98. The molecule has 1 aromatic carbocycles. The molecule has 0 saturated carbocycles. The van der Waals surface area contributed by atoms with E-state index in [0.717, 1.165) is 6.42 Å². The molecule has 0 bridgehead atoms. The summed E-state index contributed by atoms with van der Waals surface area (Å²) in [6.07, 6.45) is 0.869. The van der Waals surface area contributed by atoms with E-state index in [1.807, 2.05) is 27.7 Å². The van der Waals surface area contributed by atoms with Crippen molar-refractivity contribution in [3.05, 3.63) is 34.9 Å². The molecule has 0 aliphatic carbocycles. The van der Waals surface area contributed by atoms with Crippen molar-refractivity contribution in [2.45, 2.75) is 68.7 Å². The van der Waals surface area contributed by atoms with Gasteiger partial charge in [0.25, 0.3) is 0 Å². The van der Waals surface area contributed by atoms with Gasteiger partial charge in [-0.05, 0) is 49.8 Å². The van der Waals surface area contributed by atoms with E-state index in [1.165, 1.54) is 16.7 Å². The van der Waals surface area contributed by atoms with Gasteiger partial charge in [-0.1, -0.05) is 59.7 Å². The molecular weight excluding hydrogens is 244 g/mol. The minimum absolute atomic E-state index is 0.155. The summed E-state index contributed by atoms with van der Waals surface area (Å²) in [5.41, 5.74) is 3.90. The van der Waals surface area contributed by atoms with Crippen LogP contribution in [0.1, 0.15) is 65.2 Å². The zero-order valence-corrected chi connectivity index (χ0v) is 15.0. The predicted molar refractivity (Wildman–Crippen MR) is 91.3 cm³/mol. The van der Waals surface area contributed by atoms with Crippen molar-refractivity contribution in [1.29, 1.82) is 0 Å². The highest BCUT2D eigenvalue weighted by Crippen LogP contribution is 2.20. The van der Waals surface area contributed by atoms with Crippen LogP contribution in [0.3, 0.4) is 0 Å². The molecule has 0 N–H and O–H groups in total. The van der Waals surface area contributed by atoms with Gasteiger partial charge in [-0.2, -0.15) is 0 Å². The second-order valence-corrected chi connectivity index (χ2v) is 5.08. The number of ketones is 1. The Balaban J connectivity index is 0. The third kappa shape index (κ3) is 7.47. The van der Waals surface area contributed by atoms with Crippen molar-refractivity contribution < 1.29 is 4.79 Å². The fourth-order valence-corrected chi connectivity index (χ4v) is 2.03. The zero-order chi connectivity index (χ0) is 16.3. The highest BCUT2D eigenvalue weighted by molar-refractivity contribution is 5.78. The van der Waals surface area contributed by atoms with Crippen LogP contribution in [0.5, 0.6) is 0 Å². The first-order valence-corrected chi connectivity index (χ1v) is 7.98. The van der Waals surface area contributed by atoms with Crippen LogP contribution in [-0.4, -0.2) is 5.78 Å². The van der Waals surface area contributed by atoms with E-state index in [9.17, 15) is 4.79 Å². The van der Waals surface area contributed by atoms with Crippen LogP contribution in [0.4, 0.5) is 0 Å². The molecule has 0 aromatic heterocycles. The first-order chi connectivity index (χ1) is 9.41. The van der Waals surface area contributed by atoms with Gasteiger partial charge in [0.1, 0.15) is 5.78 Å². The summed E-state index contributed by atoms with van der Waals surface area (Å²) in [6.45, 7) is 18.2. The molecule has 0 fully saturated rings. The van der Waals surface area contributed by atoms with Crippen LogP contribution in [0.15, 0.2) is 18.2 Å². The largest absolute Gasteiger partial charge is 0.300 e. The molecular formula is C19H34O. The highest BCUT2D eigenvalue weighted by Gasteiger charge is 2.18. The van der Waals surface area contributed by atoms with Gasteiger partial charge in [-0.15, -0.1) is 0 Å². The van der Waals surface area contributed by atoms with Gasteiger partial charge in [-0.25, -0.2) is 0 Å². The summed E-state index contributed by atoms with van der Waals surface area (Å²) in [4.78, 5) is 11.5. The van der Waals surface area contributed by atoms with Gasteiger partial charge in [0, 0.05) is 5.92 Å². The van der Waals surface area contributed by atoms with Crippen LogP contribution in [0.2, 0.25) is 0 Å². The molecule has 0 heterocycles. The fraction of sp³-hybridized carbons (Fsp3) is 0.632. The number of hydrogen-bond acceptors (Lipinski definition) is 1. The maximum atomic E-state index is 11.5. The average molecular weight is 278 g/mol. The lowest BCUT2D eigenvalue weighted by atomic mass is 9.86. The van der Waals surface area contributed by atoms with Crippen LogP contribution in [-0.2, 0) is 11.2 Å². The molecule has 1 nitrogen and oxygen atoms in total. The molecule has 116 valence electrons. The van der Waals surface area contributed by atoms with Crippen molar-refractivity contribution in [1.82, 2.24) is 0 Å². The monoisotopic (exact) mass is 278 g/mol. The molecule has 0 amide bonds. The second kappa shape index (κ2) is 11.7. The molecule has 0 spiro atoms. The minimum atomic E-state index is 0.155. The van der Waals surface area contributed by atoms with Gasteiger partial charge < -0.3 is 0 Å². The second-order valence-electron chi connectivity index (χ2n) is 5.08. The lowest BCUT2D eigenvalue weighted by molar-refractivity contribution is -0.121. The van der Waals surface area contributed by atoms with Crippen molar-refractivity contribution in [3.63, 3.8) is 0 Å². The summed E-state index contributed by atoms with van der Waals surface area (Å²) in [7, 11) is 0. The Bertz CT molecular complexity index is 377. The third-order valence-corrected chi connectivity index (χ3v) is 3.35. The Morgan fingerprint density at radius 3 is 1.85 bits per heavy atom. The van der Waals surface area contributed by atoms with Gasteiger partial charge in [0.15, 0.2) is 0 Å². The Hall–Kier alpha value is -1.11. The molecule has 20 heavy (non-hydrogen) atoms. The molecule has 1 heteroatoms. The normalized spacial score (nSPS) is 10.9. The molecule has 0 saturated heterocycles. The minimum Gasteiger partial charge on any atom is -0.300 e. The maximum absolute atomic E-state index is 11.5.